The van der Waals surface area contributed by atoms with Crippen LogP contribution in [0.2, 0.25) is 0 Å². The number of hydrogen-bond donors (Lipinski definition) is 0. The van der Waals surface area contributed by atoms with E-state index >= 15 is 0 Å². The van der Waals surface area contributed by atoms with Crippen molar-refractivity contribution in [2.45, 2.75) is 63.1 Å². The largest absolute Gasteiger partial charge is 0.496 e. The number of imidazole rings is 4. The Kier molecular flexibility index (Phi) is 25.0. The van der Waals surface area contributed by atoms with Gasteiger partial charge in [-0.25, -0.2) is 57.9 Å². The number of rotatable bonds is 26. The monoisotopic (exact) mass is 1950 g/mol. The molecule has 0 spiro atoms. The number of thioether (sulfide) groups is 1. The van der Waals surface area contributed by atoms with Gasteiger partial charge in [0, 0.05) is 94.3 Å². The number of fused-ring (bicyclic) bond motifs is 8. The molecule has 17 heterocycles. The first-order valence-electron chi connectivity index (χ1n) is 41.1. The lowest BCUT2D eigenvalue weighted by atomic mass is 10.1. The SMILES string of the molecule is COc1cc(OCc2csc(-c3ccccc3)n2)c2cc(-c3cn4nc(C)ccc4n3)oc2c1.COc1cc(OCc2csc(-c3ccccc3)n2)c2cc(-c3cn4nc(SC)sc4n3)oc2c1.COc1cc(OCc2csc(C(F)(F)F)n2)c2cc(-c3cn4nc(OC)sc4n3)oc2c1.COc1cc(OCc2csc(N3CCCCC3)n2)c2cc(-c3cn4nc(OC)sc4n3)oc2c1. The number of ether oxygens (including phenoxy) is 10. The third-order valence-corrected chi connectivity index (χ3v) is 28.3. The van der Waals surface area contributed by atoms with Crippen LogP contribution in [0.3, 0.4) is 0 Å². The van der Waals surface area contributed by atoms with Crippen LogP contribution >= 0.6 is 91.1 Å². The fourth-order valence-corrected chi connectivity index (χ4v) is 20.3. The van der Waals surface area contributed by atoms with Crippen molar-refractivity contribution in [1.82, 2.24) is 78.3 Å². The third-order valence-electron chi connectivity index (χ3n) is 20.9. The number of alkyl halides is 3. The smallest absolute Gasteiger partial charge is 0.443 e. The summed E-state index contributed by atoms with van der Waals surface area (Å²) < 4.78 is 127. The lowest BCUT2D eigenvalue weighted by Crippen LogP contribution is -2.29. The molecule has 0 unspecified atom stereocenters. The molecule has 0 atom stereocenters. The van der Waals surface area contributed by atoms with Gasteiger partial charge in [-0.3, -0.25) is 0 Å². The van der Waals surface area contributed by atoms with Crippen molar-refractivity contribution >= 4 is 161 Å². The van der Waals surface area contributed by atoms with Crippen molar-refractivity contribution in [3.8, 4) is 123 Å². The van der Waals surface area contributed by atoms with Gasteiger partial charge in [-0.2, -0.15) is 18.3 Å². The quantitative estimate of drug-likeness (QED) is 0.0455. The molecule has 1 aliphatic rings. The zero-order chi connectivity index (χ0) is 91.7. The molecule has 0 aliphatic carbocycles. The molecule has 6 aromatic carbocycles. The summed E-state index contributed by atoms with van der Waals surface area (Å²) in [6, 6.07) is 46.2. The molecule has 1 aliphatic heterocycles. The highest BCUT2D eigenvalue weighted by molar-refractivity contribution is 8.00. The normalized spacial score (nSPS) is 12.3. The van der Waals surface area contributed by atoms with Crippen LogP contribution < -0.4 is 52.3 Å². The summed E-state index contributed by atoms with van der Waals surface area (Å²) in [5.74, 6) is 7.23. The summed E-state index contributed by atoms with van der Waals surface area (Å²) in [6.07, 6.45) is 8.55. The number of benzene rings is 6. The van der Waals surface area contributed by atoms with E-state index in [0.717, 1.165) is 104 Å². The van der Waals surface area contributed by atoms with Crippen molar-refractivity contribution in [3.05, 3.63) is 225 Å². The number of piperidine rings is 1. The Bertz CT molecular complexity index is 7830. The van der Waals surface area contributed by atoms with Gasteiger partial charge in [-0.1, -0.05) is 83.8 Å². The molecule has 0 saturated carbocycles. The number of methoxy groups -OCH3 is 6. The number of halogens is 3. The van der Waals surface area contributed by atoms with Crippen LogP contribution in [0.4, 0.5) is 18.3 Å². The molecule has 1 saturated heterocycles. The van der Waals surface area contributed by atoms with Gasteiger partial charge in [0.15, 0.2) is 43.2 Å². The van der Waals surface area contributed by atoms with E-state index in [1.165, 1.54) is 61.5 Å². The molecule has 1 fully saturated rings. The van der Waals surface area contributed by atoms with Crippen molar-refractivity contribution < 1.29 is 78.2 Å². The van der Waals surface area contributed by atoms with Gasteiger partial charge in [0.05, 0.1) is 117 Å². The van der Waals surface area contributed by atoms with Crippen LogP contribution in [0.5, 0.6) is 56.4 Å². The van der Waals surface area contributed by atoms with Crippen LogP contribution in [0, 0.1) is 6.92 Å². The molecule has 680 valence electrons. The molecule has 31 nitrogen and oxygen atoms in total. The van der Waals surface area contributed by atoms with Crippen LogP contribution in [-0.4, -0.2) is 140 Å². The number of nitrogens with zero attached hydrogens (tertiary/aromatic N) is 17. The summed E-state index contributed by atoms with van der Waals surface area (Å²) in [7, 11) is 9.49. The molecule has 134 heavy (non-hydrogen) atoms. The van der Waals surface area contributed by atoms with Gasteiger partial charge >= 0.3 is 6.18 Å². The summed E-state index contributed by atoms with van der Waals surface area (Å²) in [4.78, 5) is 40.8. The van der Waals surface area contributed by atoms with Crippen molar-refractivity contribution in [1.29, 1.82) is 0 Å². The van der Waals surface area contributed by atoms with E-state index in [1.54, 1.807) is 128 Å². The van der Waals surface area contributed by atoms with Gasteiger partial charge in [-0.15, -0.1) is 60.6 Å². The second-order valence-corrected chi connectivity index (χ2v) is 37.0. The van der Waals surface area contributed by atoms with Crippen molar-refractivity contribution in [3.63, 3.8) is 0 Å². The first-order valence-corrected chi connectivity index (χ1v) is 48.3. The summed E-state index contributed by atoms with van der Waals surface area (Å²) in [5, 5.41) is 31.3. The van der Waals surface area contributed by atoms with Gasteiger partial charge in [0.1, 0.15) is 128 Å². The number of thiazole rings is 4. The van der Waals surface area contributed by atoms with E-state index in [4.69, 9.17) is 80.0 Å². The Morgan fingerprint density at radius 3 is 1.17 bits per heavy atom. The molecule has 0 bridgehead atoms. The lowest BCUT2D eigenvalue weighted by Gasteiger charge is -2.25. The minimum absolute atomic E-state index is 0.140. The molecular formula is C92H74F3N17O14S8. The highest BCUT2D eigenvalue weighted by Gasteiger charge is 2.35. The minimum atomic E-state index is -4.48. The molecule has 23 rings (SSSR count). The van der Waals surface area contributed by atoms with Gasteiger partial charge in [0.2, 0.25) is 14.9 Å². The first-order chi connectivity index (χ1) is 65.4. The average molecular weight is 1960 g/mol. The van der Waals surface area contributed by atoms with Gasteiger partial charge in [0.25, 0.3) is 10.4 Å². The molecule has 0 amide bonds. The van der Waals surface area contributed by atoms with Gasteiger partial charge < -0.3 is 69.9 Å². The van der Waals surface area contributed by atoms with E-state index in [9.17, 15) is 13.2 Å². The van der Waals surface area contributed by atoms with Gasteiger partial charge in [-0.05, 0) is 91.5 Å². The van der Waals surface area contributed by atoms with Crippen molar-refractivity contribution in [2.24, 2.45) is 0 Å². The van der Waals surface area contributed by atoms with E-state index in [2.05, 4.69) is 79.9 Å². The topological polar surface area (TPSA) is 320 Å². The minimum Gasteiger partial charge on any atom is -0.496 e. The Balaban J connectivity index is 0.000000111. The van der Waals surface area contributed by atoms with Crippen LogP contribution in [0.1, 0.15) is 52.7 Å². The lowest BCUT2D eigenvalue weighted by molar-refractivity contribution is -0.137. The molecule has 16 aromatic heterocycles. The van der Waals surface area contributed by atoms with Crippen molar-refractivity contribution in [2.75, 3.05) is 66.9 Å². The zero-order valence-electron chi connectivity index (χ0n) is 72.1. The Morgan fingerprint density at radius 2 is 0.776 bits per heavy atom. The van der Waals surface area contributed by atoms with E-state index in [0.29, 0.717) is 160 Å². The van der Waals surface area contributed by atoms with Crippen LogP contribution in [0.15, 0.2) is 214 Å². The van der Waals surface area contributed by atoms with E-state index in [-0.39, 0.29) is 12.3 Å². The number of hydrogen-bond acceptors (Lipinski definition) is 35. The maximum atomic E-state index is 12.8. The standard InChI is InChI=1S/C26H20N4O3S.C24H18N4O3S3.C23H23N5O4S2.C19H13F3N4O4S2/c1-16-8-9-25-28-21(13-30(25)29-16)24-12-20-22(10-19(31-2)11-23(20)33-24)32-14-18-15-34-26(27-18)17-6-4-3-5-7-17;1-29-16-8-19(30-12-15-13-33-22(25-15)14-6-4-3-5-7-14)17-10-21(31-20(17)9-16)18-11-28-23(26-18)34-24(27-28)32-2;1-29-15-8-18(31-12-14-13-33-21(24-14)27-6-4-3-5-7-27)16-10-20(32-19(16)9-15)17-11-28-22(25-17)34-23(26-28)30-2;1-27-10-3-13(29-7-9-8-31-16(23-9)19(20,21)22)11-5-15(30-14(11)4-10)12-6-26-17(24-12)32-18(25-26)28-2/h3-13,15H,14H2,1-2H3;3-11,13H,12H2,1-2H3;8-11,13H,3-7,12H2,1-2H3;3-6,8H,7H2,1-2H3. The summed E-state index contributed by atoms with van der Waals surface area (Å²) in [5.41, 5.74) is 11.8. The molecule has 0 N–H and O–H groups in total. The summed E-state index contributed by atoms with van der Waals surface area (Å²) in [6.45, 7) is 5.02. The molecule has 42 heteroatoms. The number of aryl methyl sites for hydroxylation is 1. The fraction of sp³-hybridized carbons (Fsp3) is 0.196. The number of aromatic nitrogens is 16. The second-order valence-electron chi connectivity index (χ2n) is 29.8. The first kappa shape index (κ1) is 87.8. The highest BCUT2D eigenvalue weighted by Crippen LogP contribution is 2.45. The molecule has 0 radical (unpaired) electrons. The fourth-order valence-electron chi connectivity index (χ4n) is 14.4. The van der Waals surface area contributed by atoms with Crippen LogP contribution in [0.25, 0.3) is 131 Å². The highest BCUT2D eigenvalue weighted by atomic mass is 32.2. The molecular weight excluding hydrogens is 1880 g/mol. The molecule has 22 aromatic rings. The maximum absolute atomic E-state index is 12.8. The average Bonchev–Trinajstić information content (AvgIpc) is 1.63. The predicted octanol–water partition coefficient (Wildman–Crippen LogP) is 23.3. The summed E-state index contributed by atoms with van der Waals surface area (Å²) >= 11 is 11.2. The Hall–Kier alpha value is -14.1. The Labute approximate surface area is 790 Å². The van der Waals surface area contributed by atoms with Crippen LogP contribution in [-0.2, 0) is 32.6 Å². The number of anilines is 1. The van der Waals surface area contributed by atoms with E-state index < -0.39 is 11.2 Å². The third kappa shape index (κ3) is 19.0. The second kappa shape index (κ2) is 38.2. The zero-order valence-corrected chi connectivity index (χ0v) is 78.6. The van der Waals surface area contributed by atoms with E-state index in [1.807, 2.05) is 146 Å². The number of furan rings is 4. The Morgan fingerprint density at radius 1 is 0.388 bits per heavy atom. The maximum Gasteiger partial charge on any atom is 0.443 e. The predicted molar refractivity (Wildman–Crippen MR) is 510 cm³/mol.